The Balaban J connectivity index is 0.00000144. The van der Waals surface area contributed by atoms with Crippen molar-refractivity contribution in [2.24, 2.45) is 0 Å². The van der Waals surface area contributed by atoms with Crippen LogP contribution < -0.4 is 0 Å². The van der Waals surface area contributed by atoms with Crippen LogP contribution in [0.1, 0.15) is 5.56 Å². The van der Waals surface area contributed by atoms with Crippen molar-refractivity contribution in [1.82, 2.24) is 9.55 Å². The maximum absolute atomic E-state index is 4.10. The summed E-state index contributed by atoms with van der Waals surface area (Å²) in [4.78, 5) is 4.10. The van der Waals surface area contributed by atoms with E-state index < -0.39 is 8.07 Å². The molecule has 0 aliphatic carbocycles. The van der Waals surface area contributed by atoms with Crippen molar-refractivity contribution in [3.05, 3.63) is 54.6 Å². The number of aromatic nitrogens is 2. The molecule has 1 aromatic carbocycles. The molecule has 0 N–H and O–H groups in total. The van der Waals surface area contributed by atoms with E-state index >= 15 is 0 Å². The molecule has 0 unspecified atom stereocenters. The van der Waals surface area contributed by atoms with Gasteiger partial charge in [0.25, 0.3) is 0 Å². The summed E-state index contributed by atoms with van der Waals surface area (Å²) in [6.45, 7) is 4.86. The van der Waals surface area contributed by atoms with E-state index in [2.05, 4.69) is 59.2 Å². The molecule has 0 aliphatic rings. The van der Waals surface area contributed by atoms with E-state index in [4.69, 9.17) is 0 Å². The van der Waals surface area contributed by atoms with Crippen molar-refractivity contribution in [3.8, 4) is 0 Å². The topological polar surface area (TPSA) is 17.8 Å². The summed E-state index contributed by atoms with van der Waals surface area (Å²) in [5.74, 6) is 0. The molecule has 0 saturated carbocycles. The Bertz CT molecular complexity index is 426. The van der Waals surface area contributed by atoms with Crippen LogP contribution in [-0.4, -0.2) is 17.6 Å². The lowest BCUT2D eigenvalue weighted by Crippen LogP contribution is -2.35. The van der Waals surface area contributed by atoms with Crippen LogP contribution in [-0.2, 0) is 12.2 Å². The van der Waals surface area contributed by atoms with Gasteiger partial charge in [-0.1, -0.05) is 49.0 Å². The third-order valence-electron chi connectivity index (χ3n) is 2.70. The zero-order valence-electron chi connectivity index (χ0n) is 10.3. The van der Waals surface area contributed by atoms with Gasteiger partial charge in [-0.3, -0.25) is 0 Å². The molecular weight excluding hydrogens is 248 g/mol. The van der Waals surface area contributed by atoms with Gasteiger partial charge < -0.3 is 4.57 Å². The molecule has 2 aromatic rings. The standard InChI is InChI=1S/C13H18N2Si.ClH/c1-16(2,12-15-9-8-14-11-15)10-13-6-4-3-5-7-13;/h3-9,11H,10,12H2,1-2H3;1H. The highest BCUT2D eigenvalue weighted by molar-refractivity contribution is 6.75. The van der Waals surface area contributed by atoms with Gasteiger partial charge in [0, 0.05) is 18.6 Å². The molecule has 0 bridgehead atoms. The second kappa shape index (κ2) is 6.03. The second-order valence-electron chi connectivity index (χ2n) is 5.06. The first-order chi connectivity index (χ1) is 7.66. The number of benzene rings is 1. The van der Waals surface area contributed by atoms with E-state index in [9.17, 15) is 0 Å². The summed E-state index contributed by atoms with van der Waals surface area (Å²) in [7, 11) is -1.23. The smallest absolute Gasteiger partial charge is 0.0943 e. The van der Waals surface area contributed by atoms with Crippen molar-refractivity contribution >= 4 is 20.5 Å². The largest absolute Gasteiger partial charge is 0.340 e. The monoisotopic (exact) mass is 266 g/mol. The first-order valence-electron chi connectivity index (χ1n) is 5.65. The quantitative estimate of drug-likeness (QED) is 0.777. The molecule has 17 heavy (non-hydrogen) atoms. The van der Waals surface area contributed by atoms with Crippen LogP contribution in [0, 0.1) is 0 Å². The summed E-state index contributed by atoms with van der Waals surface area (Å²) in [6.07, 6.45) is 6.97. The molecule has 0 spiro atoms. The van der Waals surface area contributed by atoms with E-state index in [-0.39, 0.29) is 12.4 Å². The number of imidazole rings is 1. The number of halogens is 1. The number of hydrogen-bond donors (Lipinski definition) is 0. The normalized spacial score (nSPS) is 10.9. The summed E-state index contributed by atoms with van der Waals surface area (Å²) in [5.41, 5.74) is 1.46. The summed E-state index contributed by atoms with van der Waals surface area (Å²) < 4.78 is 2.20. The minimum absolute atomic E-state index is 0. The van der Waals surface area contributed by atoms with Gasteiger partial charge in [-0.25, -0.2) is 4.98 Å². The molecule has 0 amide bonds. The molecule has 1 aromatic heterocycles. The van der Waals surface area contributed by atoms with E-state index in [0.29, 0.717) is 0 Å². The SMILES string of the molecule is C[Si](C)(Cc1ccccc1)Cn1ccnc1.Cl. The Morgan fingerprint density at radius 3 is 2.47 bits per heavy atom. The molecule has 0 aliphatic heterocycles. The van der Waals surface area contributed by atoms with E-state index in [1.54, 1.807) is 0 Å². The zero-order valence-corrected chi connectivity index (χ0v) is 12.2. The molecule has 0 atom stereocenters. The molecule has 4 heteroatoms. The average Bonchev–Trinajstić information content (AvgIpc) is 2.70. The van der Waals surface area contributed by atoms with Crippen LogP contribution in [0.5, 0.6) is 0 Å². The van der Waals surface area contributed by atoms with Gasteiger partial charge in [0.1, 0.15) is 0 Å². The fourth-order valence-electron chi connectivity index (χ4n) is 2.08. The van der Waals surface area contributed by atoms with Gasteiger partial charge in [-0.05, 0) is 6.04 Å². The van der Waals surface area contributed by atoms with Gasteiger partial charge in [0.05, 0.1) is 14.4 Å². The van der Waals surface area contributed by atoms with Crippen molar-refractivity contribution in [2.45, 2.75) is 25.3 Å². The van der Waals surface area contributed by atoms with Crippen LogP contribution in [0.25, 0.3) is 0 Å². The van der Waals surface area contributed by atoms with Gasteiger partial charge in [0.2, 0.25) is 0 Å². The lowest BCUT2D eigenvalue weighted by atomic mass is 10.2. The van der Waals surface area contributed by atoms with Crippen molar-refractivity contribution in [3.63, 3.8) is 0 Å². The van der Waals surface area contributed by atoms with Crippen molar-refractivity contribution in [2.75, 3.05) is 0 Å². The lowest BCUT2D eigenvalue weighted by molar-refractivity contribution is 0.842. The Hall–Kier alpha value is -1.06. The van der Waals surface area contributed by atoms with Gasteiger partial charge >= 0.3 is 0 Å². The molecule has 0 saturated heterocycles. The number of nitrogens with zero attached hydrogens (tertiary/aromatic N) is 2. The van der Waals surface area contributed by atoms with E-state index in [0.717, 1.165) is 6.17 Å². The summed E-state index contributed by atoms with van der Waals surface area (Å²) in [6, 6.07) is 12.0. The average molecular weight is 267 g/mol. The molecular formula is C13H19ClN2Si. The van der Waals surface area contributed by atoms with Crippen LogP contribution in [0.2, 0.25) is 13.1 Å². The first-order valence-corrected chi connectivity index (χ1v) is 9.07. The Morgan fingerprint density at radius 1 is 1.18 bits per heavy atom. The third-order valence-corrected chi connectivity index (χ3v) is 5.28. The molecule has 0 radical (unpaired) electrons. The fourth-order valence-corrected chi connectivity index (χ4v) is 4.71. The van der Waals surface area contributed by atoms with Crippen molar-refractivity contribution in [1.29, 1.82) is 0 Å². The zero-order chi connectivity index (χ0) is 11.4. The Labute approximate surface area is 110 Å². The molecule has 0 fully saturated rings. The number of rotatable bonds is 4. The predicted octanol–water partition coefficient (Wildman–Crippen LogP) is 3.33. The van der Waals surface area contributed by atoms with E-state index in [1.807, 2.05) is 12.5 Å². The number of hydrogen-bond acceptors (Lipinski definition) is 1. The van der Waals surface area contributed by atoms with Gasteiger partial charge in [-0.15, -0.1) is 12.4 Å². The fraction of sp³-hybridized carbons (Fsp3) is 0.308. The third kappa shape index (κ3) is 4.36. The van der Waals surface area contributed by atoms with E-state index in [1.165, 1.54) is 11.6 Å². The first kappa shape index (κ1) is 14.0. The maximum Gasteiger partial charge on any atom is 0.0943 e. The van der Waals surface area contributed by atoms with Crippen LogP contribution in [0.15, 0.2) is 49.1 Å². The van der Waals surface area contributed by atoms with Gasteiger partial charge in [0.15, 0.2) is 0 Å². The highest BCUT2D eigenvalue weighted by atomic mass is 35.5. The van der Waals surface area contributed by atoms with Crippen LogP contribution in [0.4, 0.5) is 0 Å². The Kier molecular flexibility index (Phi) is 4.96. The van der Waals surface area contributed by atoms with Gasteiger partial charge in [-0.2, -0.15) is 0 Å². The minimum atomic E-state index is -1.23. The second-order valence-corrected chi connectivity index (χ2v) is 10.1. The highest BCUT2D eigenvalue weighted by Gasteiger charge is 2.21. The Morgan fingerprint density at radius 2 is 1.88 bits per heavy atom. The molecule has 2 rings (SSSR count). The minimum Gasteiger partial charge on any atom is -0.340 e. The maximum atomic E-state index is 4.10. The highest BCUT2D eigenvalue weighted by Crippen LogP contribution is 2.13. The lowest BCUT2D eigenvalue weighted by Gasteiger charge is -2.22. The molecule has 2 nitrogen and oxygen atoms in total. The predicted molar refractivity (Wildman–Crippen MR) is 77.1 cm³/mol. The summed E-state index contributed by atoms with van der Waals surface area (Å²) >= 11 is 0. The molecule has 1 heterocycles. The van der Waals surface area contributed by atoms with Crippen LogP contribution >= 0.6 is 12.4 Å². The van der Waals surface area contributed by atoms with Crippen molar-refractivity contribution < 1.29 is 0 Å². The molecule has 92 valence electrons. The van der Waals surface area contributed by atoms with Crippen LogP contribution in [0.3, 0.4) is 0 Å². The summed E-state index contributed by atoms with van der Waals surface area (Å²) in [5, 5.41) is 0.